The Morgan fingerprint density at radius 1 is 1.17 bits per heavy atom. The van der Waals surface area contributed by atoms with E-state index in [1.54, 1.807) is 31.2 Å². The molecule has 0 aromatic heterocycles. The molecule has 0 bridgehead atoms. The van der Waals surface area contributed by atoms with Crippen molar-refractivity contribution in [1.29, 1.82) is 0 Å². The largest absolute Gasteiger partial charge is 0.365 e. The standard InChI is InChI=1S/C19H19ClN2O2/c1-13-3-5-15(6-4-13)11-18(23)22-19(24,12-14(2)21-22)16-7-9-17(20)10-8-16/h3-10,24H,11-12H2,1-2H3/t19-/m1/s1. The van der Waals surface area contributed by atoms with Crippen LogP contribution in [0.4, 0.5) is 0 Å². The summed E-state index contributed by atoms with van der Waals surface area (Å²) in [5, 5.41) is 17.2. The van der Waals surface area contributed by atoms with E-state index in [2.05, 4.69) is 5.10 Å². The molecule has 1 N–H and O–H groups in total. The Labute approximate surface area is 146 Å². The zero-order valence-electron chi connectivity index (χ0n) is 13.7. The summed E-state index contributed by atoms with van der Waals surface area (Å²) in [6, 6.07) is 14.6. The van der Waals surface area contributed by atoms with Gasteiger partial charge in [0.25, 0.3) is 0 Å². The topological polar surface area (TPSA) is 52.9 Å². The number of nitrogens with zero attached hydrogens (tertiary/aromatic N) is 2. The van der Waals surface area contributed by atoms with E-state index in [1.165, 1.54) is 5.01 Å². The lowest BCUT2D eigenvalue weighted by Crippen LogP contribution is -2.44. The molecule has 0 unspecified atom stereocenters. The maximum atomic E-state index is 12.7. The zero-order valence-corrected chi connectivity index (χ0v) is 14.4. The van der Waals surface area contributed by atoms with Crippen molar-refractivity contribution in [1.82, 2.24) is 5.01 Å². The SMILES string of the molecule is CC1=NN(C(=O)Cc2ccc(C)cc2)[C@](O)(c2ccc(Cl)cc2)C1. The molecular weight excluding hydrogens is 324 g/mol. The van der Waals surface area contributed by atoms with Gasteiger partial charge in [-0.2, -0.15) is 10.1 Å². The van der Waals surface area contributed by atoms with Gasteiger partial charge < -0.3 is 5.11 Å². The van der Waals surface area contributed by atoms with Crippen LogP contribution in [-0.4, -0.2) is 21.7 Å². The predicted octanol–water partition coefficient (Wildman–Crippen LogP) is 3.64. The van der Waals surface area contributed by atoms with Gasteiger partial charge in [0.1, 0.15) is 0 Å². The highest BCUT2D eigenvalue weighted by atomic mass is 35.5. The summed E-state index contributed by atoms with van der Waals surface area (Å²) < 4.78 is 0. The molecule has 1 atom stereocenters. The summed E-state index contributed by atoms with van der Waals surface area (Å²) in [7, 11) is 0. The number of aliphatic hydroxyl groups is 1. The fourth-order valence-electron chi connectivity index (χ4n) is 2.88. The van der Waals surface area contributed by atoms with Gasteiger partial charge >= 0.3 is 0 Å². The van der Waals surface area contributed by atoms with Crippen molar-refractivity contribution in [3.8, 4) is 0 Å². The second-order valence-electron chi connectivity index (χ2n) is 6.20. The lowest BCUT2D eigenvalue weighted by molar-refractivity contribution is -0.157. The number of aryl methyl sites for hydroxylation is 1. The van der Waals surface area contributed by atoms with Crippen LogP contribution >= 0.6 is 11.6 Å². The third-order valence-electron chi connectivity index (χ3n) is 4.14. The van der Waals surface area contributed by atoms with Crippen molar-refractivity contribution >= 4 is 23.2 Å². The van der Waals surface area contributed by atoms with Crippen LogP contribution < -0.4 is 0 Å². The molecule has 24 heavy (non-hydrogen) atoms. The molecule has 3 rings (SSSR count). The number of carbonyl (C=O) groups excluding carboxylic acids is 1. The molecule has 0 saturated carbocycles. The normalized spacial score (nSPS) is 20.2. The van der Waals surface area contributed by atoms with Gasteiger partial charge in [-0.05, 0) is 31.5 Å². The van der Waals surface area contributed by atoms with Gasteiger partial charge in [-0.3, -0.25) is 4.79 Å². The van der Waals surface area contributed by atoms with Crippen LogP contribution in [0.2, 0.25) is 5.02 Å². The first-order chi connectivity index (χ1) is 11.4. The second-order valence-corrected chi connectivity index (χ2v) is 6.64. The summed E-state index contributed by atoms with van der Waals surface area (Å²) >= 11 is 5.92. The molecule has 124 valence electrons. The Balaban J connectivity index is 1.87. The molecule has 2 aromatic carbocycles. The van der Waals surface area contributed by atoms with Crippen molar-refractivity contribution in [3.05, 3.63) is 70.2 Å². The Morgan fingerprint density at radius 3 is 2.42 bits per heavy atom. The average Bonchev–Trinajstić information content (AvgIpc) is 2.86. The number of amides is 1. The molecular formula is C19H19ClN2O2. The maximum absolute atomic E-state index is 12.7. The highest BCUT2D eigenvalue weighted by molar-refractivity contribution is 6.30. The van der Waals surface area contributed by atoms with Gasteiger partial charge in [-0.15, -0.1) is 0 Å². The third kappa shape index (κ3) is 3.21. The molecule has 5 heteroatoms. The number of rotatable bonds is 3. The minimum Gasteiger partial charge on any atom is -0.365 e. The summed E-state index contributed by atoms with van der Waals surface area (Å²) in [4.78, 5) is 12.7. The number of carbonyl (C=O) groups is 1. The number of hydrogen-bond acceptors (Lipinski definition) is 3. The molecule has 2 aromatic rings. The van der Waals surface area contributed by atoms with E-state index in [4.69, 9.17) is 11.6 Å². The molecule has 1 heterocycles. The highest BCUT2D eigenvalue weighted by Crippen LogP contribution is 2.36. The number of benzene rings is 2. The van der Waals surface area contributed by atoms with Crippen LogP contribution in [0.25, 0.3) is 0 Å². The van der Waals surface area contributed by atoms with E-state index in [9.17, 15) is 9.90 Å². The van der Waals surface area contributed by atoms with Crippen molar-refractivity contribution in [2.75, 3.05) is 0 Å². The van der Waals surface area contributed by atoms with Crippen LogP contribution in [0.1, 0.15) is 30.0 Å². The molecule has 0 spiro atoms. The number of hydrogen-bond donors (Lipinski definition) is 1. The molecule has 0 fully saturated rings. The van der Waals surface area contributed by atoms with E-state index in [0.717, 1.165) is 11.1 Å². The second kappa shape index (κ2) is 6.38. The third-order valence-corrected chi connectivity index (χ3v) is 4.39. The summed E-state index contributed by atoms with van der Waals surface area (Å²) in [6.07, 6.45) is 0.473. The van der Waals surface area contributed by atoms with Gasteiger partial charge in [0.15, 0.2) is 5.72 Å². The van der Waals surface area contributed by atoms with E-state index < -0.39 is 5.72 Å². The first-order valence-electron chi connectivity index (χ1n) is 7.79. The zero-order chi connectivity index (χ0) is 17.3. The van der Waals surface area contributed by atoms with Gasteiger partial charge in [0, 0.05) is 22.7 Å². The molecule has 0 saturated heterocycles. The number of halogens is 1. The minimum atomic E-state index is -1.46. The number of hydrazone groups is 1. The van der Waals surface area contributed by atoms with Crippen LogP contribution in [0.3, 0.4) is 0 Å². The van der Waals surface area contributed by atoms with E-state index in [1.807, 2.05) is 31.2 Å². The molecule has 1 aliphatic heterocycles. The highest BCUT2D eigenvalue weighted by Gasteiger charge is 2.44. The summed E-state index contributed by atoms with van der Waals surface area (Å²) in [5.41, 5.74) is 1.88. The van der Waals surface area contributed by atoms with Gasteiger partial charge in [0.2, 0.25) is 5.91 Å². The predicted molar refractivity (Wildman–Crippen MR) is 94.8 cm³/mol. The lowest BCUT2D eigenvalue weighted by Gasteiger charge is -2.31. The van der Waals surface area contributed by atoms with Crippen molar-refractivity contribution in [3.63, 3.8) is 0 Å². The minimum absolute atomic E-state index is 0.187. The van der Waals surface area contributed by atoms with E-state index in [-0.39, 0.29) is 18.7 Å². The monoisotopic (exact) mass is 342 g/mol. The Bertz CT molecular complexity index is 784. The van der Waals surface area contributed by atoms with Crippen LogP contribution in [-0.2, 0) is 16.9 Å². The molecule has 0 radical (unpaired) electrons. The Kier molecular flexibility index (Phi) is 4.43. The van der Waals surface area contributed by atoms with Gasteiger partial charge in [-0.25, -0.2) is 0 Å². The van der Waals surface area contributed by atoms with Crippen LogP contribution in [0, 0.1) is 6.92 Å². The lowest BCUT2D eigenvalue weighted by atomic mass is 9.97. The fourth-order valence-corrected chi connectivity index (χ4v) is 3.01. The quantitative estimate of drug-likeness (QED) is 0.925. The first-order valence-corrected chi connectivity index (χ1v) is 8.17. The van der Waals surface area contributed by atoms with Crippen molar-refractivity contribution in [2.45, 2.75) is 32.4 Å². The fraction of sp³-hybridized carbons (Fsp3) is 0.263. The van der Waals surface area contributed by atoms with E-state index >= 15 is 0 Å². The molecule has 1 aliphatic rings. The Morgan fingerprint density at radius 2 is 1.79 bits per heavy atom. The van der Waals surface area contributed by atoms with Gasteiger partial charge in [-0.1, -0.05) is 53.6 Å². The molecule has 0 aliphatic carbocycles. The molecule has 1 amide bonds. The van der Waals surface area contributed by atoms with Crippen LogP contribution in [0.15, 0.2) is 53.6 Å². The van der Waals surface area contributed by atoms with Crippen molar-refractivity contribution in [2.24, 2.45) is 5.10 Å². The van der Waals surface area contributed by atoms with Crippen molar-refractivity contribution < 1.29 is 9.90 Å². The maximum Gasteiger partial charge on any atom is 0.250 e. The first kappa shape index (κ1) is 16.7. The summed E-state index contributed by atoms with van der Waals surface area (Å²) in [5.74, 6) is -0.242. The Hall–Kier alpha value is -2.17. The molecule has 4 nitrogen and oxygen atoms in total. The van der Waals surface area contributed by atoms with E-state index in [0.29, 0.717) is 16.3 Å². The smallest absolute Gasteiger partial charge is 0.250 e. The summed E-state index contributed by atoms with van der Waals surface area (Å²) in [6.45, 7) is 3.80. The average molecular weight is 343 g/mol. The van der Waals surface area contributed by atoms with Gasteiger partial charge in [0.05, 0.1) is 6.42 Å². The van der Waals surface area contributed by atoms with Crippen LogP contribution in [0.5, 0.6) is 0 Å².